The number of H-pyrrole nitrogens is 1. The number of aromatic nitrogens is 2. The Morgan fingerprint density at radius 2 is 2.22 bits per heavy atom. The Hall–Kier alpha value is -2.57. The maximum atomic E-state index is 13.2. The Morgan fingerprint density at radius 1 is 1.44 bits per heavy atom. The Bertz CT molecular complexity index is 627. The standard InChI is InChI=1S/C11H10FN3O3/c1-17-9-10(16)14-5-15-11(9)18-6-2-3-8(13)7(12)4-6/h2-5H,13H2,1H3,(H,14,15,16). The summed E-state index contributed by atoms with van der Waals surface area (Å²) in [4.78, 5) is 17.5. The quantitative estimate of drug-likeness (QED) is 0.802. The van der Waals surface area contributed by atoms with Crippen molar-refractivity contribution in [3.05, 3.63) is 40.7 Å². The summed E-state index contributed by atoms with van der Waals surface area (Å²) >= 11 is 0. The van der Waals surface area contributed by atoms with Gasteiger partial charge in [-0.2, -0.15) is 0 Å². The summed E-state index contributed by atoms with van der Waals surface area (Å²) in [5.41, 5.74) is 4.86. The number of aromatic amines is 1. The molecule has 0 saturated heterocycles. The topological polar surface area (TPSA) is 90.2 Å². The van der Waals surface area contributed by atoms with Crippen molar-refractivity contribution in [1.29, 1.82) is 0 Å². The summed E-state index contributed by atoms with van der Waals surface area (Å²) in [6.07, 6.45) is 1.16. The maximum absolute atomic E-state index is 13.2. The molecule has 1 heterocycles. The summed E-state index contributed by atoms with van der Waals surface area (Å²) in [6, 6.07) is 3.91. The number of hydrogen-bond donors (Lipinski definition) is 2. The van der Waals surface area contributed by atoms with E-state index in [-0.39, 0.29) is 23.1 Å². The third-order valence-electron chi connectivity index (χ3n) is 2.17. The number of methoxy groups -OCH3 is 1. The van der Waals surface area contributed by atoms with Gasteiger partial charge >= 0.3 is 0 Å². The van der Waals surface area contributed by atoms with Crippen molar-refractivity contribution in [2.45, 2.75) is 0 Å². The van der Waals surface area contributed by atoms with Crippen LogP contribution in [0.2, 0.25) is 0 Å². The number of nitrogens with one attached hydrogen (secondary N) is 1. The molecule has 0 unspecified atom stereocenters. The van der Waals surface area contributed by atoms with Gasteiger partial charge in [0.25, 0.3) is 11.4 Å². The second-order valence-corrected chi connectivity index (χ2v) is 3.36. The van der Waals surface area contributed by atoms with Crippen LogP contribution < -0.4 is 20.8 Å². The van der Waals surface area contributed by atoms with Crippen LogP contribution in [0.1, 0.15) is 0 Å². The first-order valence-corrected chi connectivity index (χ1v) is 4.96. The SMILES string of the molecule is COc1c(Oc2ccc(N)c(F)c2)nc[nH]c1=O. The van der Waals surface area contributed by atoms with E-state index in [0.29, 0.717) is 0 Å². The third-order valence-corrected chi connectivity index (χ3v) is 2.17. The highest BCUT2D eigenvalue weighted by Gasteiger charge is 2.12. The molecule has 0 bridgehead atoms. The molecule has 1 aromatic heterocycles. The summed E-state index contributed by atoms with van der Waals surface area (Å²) in [7, 11) is 1.31. The summed E-state index contributed by atoms with van der Waals surface area (Å²) in [5.74, 6) is -0.588. The van der Waals surface area contributed by atoms with Crippen LogP contribution in [-0.2, 0) is 0 Å². The van der Waals surface area contributed by atoms with Crippen molar-refractivity contribution in [2.75, 3.05) is 12.8 Å². The van der Waals surface area contributed by atoms with Gasteiger partial charge in [0.2, 0.25) is 5.75 Å². The zero-order chi connectivity index (χ0) is 13.1. The van der Waals surface area contributed by atoms with Crippen LogP contribution in [0.25, 0.3) is 0 Å². The Labute approximate surface area is 101 Å². The molecule has 0 fully saturated rings. The number of hydrogen-bond acceptors (Lipinski definition) is 5. The van der Waals surface area contributed by atoms with Crippen LogP contribution in [0.3, 0.4) is 0 Å². The lowest BCUT2D eigenvalue weighted by atomic mass is 10.3. The lowest BCUT2D eigenvalue weighted by Crippen LogP contribution is -2.11. The highest BCUT2D eigenvalue weighted by molar-refractivity contribution is 5.45. The van der Waals surface area contributed by atoms with Crippen LogP contribution in [0, 0.1) is 5.82 Å². The molecule has 0 saturated carbocycles. The molecule has 0 aliphatic carbocycles. The van der Waals surface area contributed by atoms with Crippen molar-refractivity contribution in [1.82, 2.24) is 9.97 Å². The average molecular weight is 251 g/mol. The highest BCUT2D eigenvalue weighted by atomic mass is 19.1. The van der Waals surface area contributed by atoms with E-state index >= 15 is 0 Å². The maximum Gasteiger partial charge on any atom is 0.297 e. The number of benzene rings is 1. The zero-order valence-electron chi connectivity index (χ0n) is 9.44. The van der Waals surface area contributed by atoms with Gasteiger partial charge in [0.05, 0.1) is 19.1 Å². The minimum atomic E-state index is -0.615. The van der Waals surface area contributed by atoms with Gasteiger partial charge in [0.15, 0.2) is 0 Å². The first kappa shape index (κ1) is 11.9. The Balaban J connectivity index is 2.37. The lowest BCUT2D eigenvalue weighted by molar-refractivity contribution is 0.362. The fourth-order valence-electron chi connectivity index (χ4n) is 1.31. The number of nitrogen functional groups attached to an aromatic ring is 1. The fraction of sp³-hybridized carbons (Fsp3) is 0.0909. The molecule has 6 nitrogen and oxygen atoms in total. The smallest absolute Gasteiger partial charge is 0.297 e. The van der Waals surface area contributed by atoms with E-state index in [9.17, 15) is 9.18 Å². The minimum Gasteiger partial charge on any atom is -0.487 e. The molecule has 3 N–H and O–H groups in total. The Kier molecular flexibility index (Phi) is 3.13. The highest BCUT2D eigenvalue weighted by Crippen LogP contribution is 2.26. The van der Waals surface area contributed by atoms with Gasteiger partial charge in [-0.15, -0.1) is 0 Å². The van der Waals surface area contributed by atoms with Crippen LogP contribution in [-0.4, -0.2) is 17.1 Å². The first-order valence-electron chi connectivity index (χ1n) is 4.96. The van der Waals surface area contributed by atoms with Crippen molar-refractivity contribution < 1.29 is 13.9 Å². The molecule has 2 rings (SSSR count). The second-order valence-electron chi connectivity index (χ2n) is 3.36. The van der Waals surface area contributed by atoms with E-state index in [4.69, 9.17) is 15.2 Å². The molecule has 94 valence electrons. The van der Waals surface area contributed by atoms with Crippen molar-refractivity contribution >= 4 is 5.69 Å². The summed E-state index contributed by atoms with van der Waals surface area (Å²) in [5, 5.41) is 0. The van der Waals surface area contributed by atoms with Crippen molar-refractivity contribution in [2.24, 2.45) is 0 Å². The molecule has 0 atom stereocenters. The minimum absolute atomic E-state index is 0.00758. The predicted molar refractivity (Wildman–Crippen MR) is 62.3 cm³/mol. The van der Waals surface area contributed by atoms with E-state index in [2.05, 4.69) is 9.97 Å². The summed E-state index contributed by atoms with van der Waals surface area (Å²) < 4.78 is 23.3. The van der Waals surface area contributed by atoms with E-state index in [0.717, 1.165) is 12.4 Å². The molecular formula is C11H10FN3O3. The van der Waals surface area contributed by atoms with Gasteiger partial charge in [-0.1, -0.05) is 0 Å². The van der Waals surface area contributed by atoms with Crippen LogP contribution in [0.5, 0.6) is 17.4 Å². The molecular weight excluding hydrogens is 241 g/mol. The number of halogens is 1. The van der Waals surface area contributed by atoms with Crippen molar-refractivity contribution in [3.8, 4) is 17.4 Å². The van der Waals surface area contributed by atoms with Gasteiger partial charge in [-0.05, 0) is 12.1 Å². The largest absolute Gasteiger partial charge is 0.487 e. The number of nitrogens with two attached hydrogens (primary N) is 1. The van der Waals surface area contributed by atoms with E-state index in [1.54, 1.807) is 0 Å². The number of rotatable bonds is 3. The molecule has 0 aliphatic heterocycles. The number of nitrogens with zero attached hydrogens (tertiary/aromatic N) is 1. The van der Waals surface area contributed by atoms with Gasteiger partial charge in [0.1, 0.15) is 11.6 Å². The molecule has 1 aromatic carbocycles. The lowest BCUT2D eigenvalue weighted by Gasteiger charge is -2.08. The van der Waals surface area contributed by atoms with Gasteiger partial charge in [-0.3, -0.25) is 4.79 Å². The van der Waals surface area contributed by atoms with E-state index < -0.39 is 11.4 Å². The second kappa shape index (κ2) is 4.74. The van der Waals surface area contributed by atoms with E-state index in [1.807, 2.05) is 0 Å². The van der Waals surface area contributed by atoms with Crippen molar-refractivity contribution in [3.63, 3.8) is 0 Å². The zero-order valence-corrected chi connectivity index (χ0v) is 9.44. The molecule has 18 heavy (non-hydrogen) atoms. The van der Waals surface area contributed by atoms with Gasteiger partial charge in [-0.25, -0.2) is 9.37 Å². The van der Waals surface area contributed by atoms with Crippen LogP contribution >= 0.6 is 0 Å². The van der Waals surface area contributed by atoms with Crippen LogP contribution in [0.4, 0.5) is 10.1 Å². The predicted octanol–water partition coefficient (Wildman–Crippen LogP) is 1.29. The average Bonchev–Trinajstić information content (AvgIpc) is 2.34. The van der Waals surface area contributed by atoms with Gasteiger partial charge < -0.3 is 20.2 Å². The molecule has 7 heteroatoms. The summed E-state index contributed by atoms with van der Waals surface area (Å²) in [6.45, 7) is 0. The number of anilines is 1. The third kappa shape index (κ3) is 2.24. The van der Waals surface area contributed by atoms with Gasteiger partial charge in [0, 0.05) is 6.07 Å². The first-order chi connectivity index (χ1) is 8.61. The van der Waals surface area contributed by atoms with E-state index in [1.165, 1.54) is 19.2 Å². The molecule has 0 aliphatic rings. The molecule has 0 spiro atoms. The monoisotopic (exact) mass is 251 g/mol. The number of ether oxygens (including phenoxy) is 2. The molecule has 0 amide bonds. The molecule has 0 radical (unpaired) electrons. The fourth-order valence-corrected chi connectivity index (χ4v) is 1.31. The normalized spacial score (nSPS) is 10.1. The Morgan fingerprint density at radius 3 is 2.89 bits per heavy atom. The molecule has 2 aromatic rings. The van der Waals surface area contributed by atoms with Crippen LogP contribution in [0.15, 0.2) is 29.3 Å².